The van der Waals surface area contributed by atoms with E-state index in [1.807, 2.05) is 19.1 Å². The summed E-state index contributed by atoms with van der Waals surface area (Å²) in [6.45, 7) is 1.97. The number of hydrogen-bond donors (Lipinski definition) is 3. The lowest BCUT2D eigenvalue weighted by atomic mass is 10.1. The monoisotopic (exact) mass is 397 g/mol. The Labute approximate surface area is 133 Å². The van der Waals surface area contributed by atoms with Gasteiger partial charge in [-0.2, -0.15) is 0 Å². The SMILES string of the molecule is Cc1cc(Br)c(NC(=O)c2cc(N)cc(N)c2)c(Br)c1. The molecule has 0 unspecified atom stereocenters. The topological polar surface area (TPSA) is 81.1 Å². The zero-order valence-corrected chi connectivity index (χ0v) is 13.9. The van der Waals surface area contributed by atoms with E-state index < -0.39 is 0 Å². The van der Waals surface area contributed by atoms with E-state index in [4.69, 9.17) is 11.5 Å². The molecule has 0 aromatic heterocycles. The van der Waals surface area contributed by atoms with Crippen LogP contribution in [-0.2, 0) is 0 Å². The highest BCUT2D eigenvalue weighted by molar-refractivity contribution is 9.11. The van der Waals surface area contributed by atoms with E-state index in [9.17, 15) is 4.79 Å². The minimum atomic E-state index is -0.269. The van der Waals surface area contributed by atoms with Crippen LogP contribution in [-0.4, -0.2) is 5.91 Å². The van der Waals surface area contributed by atoms with Crippen LogP contribution in [0.5, 0.6) is 0 Å². The van der Waals surface area contributed by atoms with Crippen molar-refractivity contribution in [2.75, 3.05) is 16.8 Å². The number of nitrogen functional groups attached to an aromatic ring is 2. The first-order valence-electron chi connectivity index (χ1n) is 5.80. The summed E-state index contributed by atoms with van der Waals surface area (Å²) in [5.41, 5.74) is 14.5. The van der Waals surface area contributed by atoms with Crippen molar-refractivity contribution >= 4 is 54.8 Å². The van der Waals surface area contributed by atoms with Crippen molar-refractivity contribution in [3.8, 4) is 0 Å². The zero-order valence-electron chi connectivity index (χ0n) is 10.7. The second-order valence-electron chi connectivity index (χ2n) is 4.45. The van der Waals surface area contributed by atoms with E-state index in [1.165, 1.54) is 0 Å². The van der Waals surface area contributed by atoms with Crippen molar-refractivity contribution < 1.29 is 4.79 Å². The average molecular weight is 399 g/mol. The van der Waals surface area contributed by atoms with Crippen molar-refractivity contribution in [2.45, 2.75) is 6.92 Å². The second kappa shape index (κ2) is 5.85. The van der Waals surface area contributed by atoms with Crippen molar-refractivity contribution in [1.29, 1.82) is 0 Å². The predicted molar refractivity (Wildman–Crippen MR) is 89.8 cm³/mol. The molecule has 0 aliphatic heterocycles. The molecule has 2 aromatic carbocycles. The van der Waals surface area contributed by atoms with E-state index >= 15 is 0 Å². The van der Waals surface area contributed by atoms with Gasteiger partial charge in [-0.05, 0) is 74.7 Å². The number of amides is 1. The number of nitrogens with one attached hydrogen (secondary N) is 1. The fraction of sp³-hybridized carbons (Fsp3) is 0.0714. The van der Waals surface area contributed by atoms with Gasteiger partial charge in [-0.15, -0.1) is 0 Å². The van der Waals surface area contributed by atoms with Crippen LogP contribution in [0.4, 0.5) is 17.1 Å². The maximum Gasteiger partial charge on any atom is 0.255 e. The summed E-state index contributed by atoms with van der Waals surface area (Å²) >= 11 is 6.87. The highest BCUT2D eigenvalue weighted by atomic mass is 79.9. The molecule has 0 saturated heterocycles. The summed E-state index contributed by atoms with van der Waals surface area (Å²) in [4.78, 5) is 12.2. The van der Waals surface area contributed by atoms with E-state index in [1.54, 1.807) is 18.2 Å². The normalized spacial score (nSPS) is 10.3. The molecule has 0 atom stereocenters. The Kier molecular flexibility index (Phi) is 4.35. The molecule has 0 fully saturated rings. The highest BCUT2D eigenvalue weighted by Gasteiger charge is 2.12. The summed E-state index contributed by atoms with van der Waals surface area (Å²) in [6, 6.07) is 8.63. The Balaban J connectivity index is 2.32. The zero-order chi connectivity index (χ0) is 14.9. The van der Waals surface area contributed by atoms with E-state index in [-0.39, 0.29) is 5.91 Å². The average Bonchev–Trinajstić information content (AvgIpc) is 2.32. The molecule has 20 heavy (non-hydrogen) atoms. The molecule has 5 N–H and O–H groups in total. The Morgan fingerprint density at radius 3 is 2.00 bits per heavy atom. The third-order valence-electron chi connectivity index (χ3n) is 2.66. The molecular weight excluding hydrogens is 386 g/mol. The highest BCUT2D eigenvalue weighted by Crippen LogP contribution is 2.32. The molecule has 1 amide bonds. The van der Waals surface area contributed by atoms with Gasteiger partial charge in [0.05, 0.1) is 5.69 Å². The van der Waals surface area contributed by atoms with Gasteiger partial charge in [0, 0.05) is 25.9 Å². The summed E-state index contributed by atoms with van der Waals surface area (Å²) in [7, 11) is 0. The lowest BCUT2D eigenvalue weighted by molar-refractivity contribution is 0.102. The van der Waals surface area contributed by atoms with Crippen LogP contribution in [0.15, 0.2) is 39.3 Å². The quantitative estimate of drug-likeness (QED) is 0.670. The van der Waals surface area contributed by atoms with Gasteiger partial charge in [0.25, 0.3) is 5.91 Å². The molecule has 2 rings (SSSR count). The summed E-state index contributed by atoms with van der Waals surface area (Å²) in [6.07, 6.45) is 0. The van der Waals surface area contributed by atoms with E-state index in [0.717, 1.165) is 14.5 Å². The second-order valence-corrected chi connectivity index (χ2v) is 6.15. The first-order chi connectivity index (χ1) is 9.36. The summed E-state index contributed by atoms with van der Waals surface area (Å²) in [5.74, 6) is -0.269. The van der Waals surface area contributed by atoms with Crippen molar-refractivity contribution in [2.24, 2.45) is 0 Å². The molecule has 6 heteroatoms. The Morgan fingerprint density at radius 1 is 1.00 bits per heavy atom. The standard InChI is InChI=1S/C14H13Br2N3O/c1-7-2-11(15)13(12(16)3-7)19-14(20)8-4-9(17)6-10(18)5-8/h2-6H,17-18H2,1H3,(H,19,20). The molecule has 0 heterocycles. The fourth-order valence-electron chi connectivity index (χ4n) is 1.81. The number of carbonyl (C=O) groups is 1. The molecule has 0 saturated carbocycles. The van der Waals surface area contributed by atoms with Crippen molar-refractivity contribution in [3.63, 3.8) is 0 Å². The number of halogens is 2. The minimum Gasteiger partial charge on any atom is -0.399 e. The van der Waals surface area contributed by atoms with Gasteiger partial charge in [-0.25, -0.2) is 0 Å². The van der Waals surface area contributed by atoms with Crippen LogP contribution in [0.3, 0.4) is 0 Å². The van der Waals surface area contributed by atoms with Crippen molar-refractivity contribution in [1.82, 2.24) is 0 Å². The fourth-order valence-corrected chi connectivity index (χ4v) is 3.43. The van der Waals surface area contributed by atoms with Crippen molar-refractivity contribution in [3.05, 3.63) is 50.4 Å². The minimum absolute atomic E-state index is 0.269. The van der Waals surface area contributed by atoms with Crippen LogP contribution < -0.4 is 16.8 Å². The van der Waals surface area contributed by atoms with Gasteiger partial charge in [-0.3, -0.25) is 4.79 Å². The van der Waals surface area contributed by atoms with Crippen LogP contribution in [0.25, 0.3) is 0 Å². The Morgan fingerprint density at radius 2 is 1.50 bits per heavy atom. The maximum absolute atomic E-state index is 12.2. The third-order valence-corrected chi connectivity index (χ3v) is 3.92. The van der Waals surface area contributed by atoms with Crippen LogP contribution in [0.1, 0.15) is 15.9 Å². The molecule has 104 valence electrons. The van der Waals surface area contributed by atoms with E-state index in [2.05, 4.69) is 37.2 Å². The Hall–Kier alpha value is -1.53. The number of aryl methyl sites for hydroxylation is 1. The lowest BCUT2D eigenvalue weighted by Gasteiger charge is -2.11. The van der Waals surface area contributed by atoms with Crippen LogP contribution >= 0.6 is 31.9 Å². The number of rotatable bonds is 2. The van der Waals surface area contributed by atoms with E-state index in [0.29, 0.717) is 22.6 Å². The molecule has 0 aliphatic rings. The van der Waals surface area contributed by atoms with Gasteiger partial charge < -0.3 is 16.8 Å². The third kappa shape index (κ3) is 3.32. The van der Waals surface area contributed by atoms with Crippen LogP contribution in [0, 0.1) is 6.92 Å². The molecular formula is C14H13Br2N3O. The molecule has 2 aromatic rings. The molecule has 0 radical (unpaired) electrons. The van der Waals surface area contributed by atoms with Crippen LogP contribution in [0.2, 0.25) is 0 Å². The number of benzene rings is 2. The summed E-state index contributed by atoms with van der Waals surface area (Å²) < 4.78 is 1.60. The largest absolute Gasteiger partial charge is 0.399 e. The number of carbonyl (C=O) groups excluding carboxylic acids is 1. The molecule has 0 bridgehead atoms. The van der Waals surface area contributed by atoms with Gasteiger partial charge in [0.1, 0.15) is 0 Å². The summed E-state index contributed by atoms with van der Waals surface area (Å²) in [5, 5.41) is 2.83. The molecule has 4 nitrogen and oxygen atoms in total. The van der Waals surface area contributed by atoms with Gasteiger partial charge in [-0.1, -0.05) is 0 Å². The Bertz CT molecular complexity index is 643. The van der Waals surface area contributed by atoms with Gasteiger partial charge in [0.15, 0.2) is 0 Å². The van der Waals surface area contributed by atoms with Gasteiger partial charge >= 0.3 is 0 Å². The lowest BCUT2D eigenvalue weighted by Crippen LogP contribution is -2.13. The smallest absolute Gasteiger partial charge is 0.255 e. The van der Waals surface area contributed by atoms with Gasteiger partial charge in [0.2, 0.25) is 0 Å². The maximum atomic E-state index is 12.2. The first kappa shape index (κ1) is 14.9. The number of nitrogens with two attached hydrogens (primary N) is 2. The first-order valence-corrected chi connectivity index (χ1v) is 7.38. The molecule has 0 spiro atoms. The number of anilines is 3. The number of hydrogen-bond acceptors (Lipinski definition) is 3. The molecule has 0 aliphatic carbocycles. The predicted octanol–water partition coefficient (Wildman–Crippen LogP) is 3.94.